The van der Waals surface area contributed by atoms with Gasteiger partial charge in [-0.3, -0.25) is 0 Å². The van der Waals surface area contributed by atoms with E-state index in [1.807, 2.05) is 34.9 Å². The number of aryl methyl sites for hydroxylation is 5. The zero-order chi connectivity index (χ0) is 36.2. The summed E-state index contributed by atoms with van der Waals surface area (Å²) >= 11 is -1.61. The number of benzene rings is 3. The minimum absolute atomic E-state index is 0.0465. The van der Waals surface area contributed by atoms with E-state index in [0.29, 0.717) is 0 Å². The second-order valence-corrected chi connectivity index (χ2v) is 24.9. The third-order valence-electron chi connectivity index (χ3n) is 11.7. The fourth-order valence-corrected chi connectivity index (χ4v) is 16.7. The molecule has 282 valence electrons. The normalized spacial score (nSPS) is 19.3. The first kappa shape index (κ1) is 40.9. The summed E-state index contributed by atoms with van der Waals surface area (Å²) in [7, 11) is 11.3. The summed E-state index contributed by atoms with van der Waals surface area (Å²) in [4.78, 5) is 4.79. The van der Waals surface area contributed by atoms with Crippen LogP contribution in [0.25, 0.3) is 0 Å². The fourth-order valence-electron chi connectivity index (χ4n) is 9.64. The van der Waals surface area contributed by atoms with Gasteiger partial charge in [-0.15, -0.1) is 0 Å². The maximum absolute atomic E-state index is 5.67. The molecule has 1 saturated heterocycles. The minimum atomic E-state index is -1.61. The van der Waals surface area contributed by atoms with Crippen LogP contribution in [0.3, 0.4) is 0 Å². The van der Waals surface area contributed by atoms with Crippen molar-refractivity contribution in [3.63, 3.8) is 0 Å². The SMILES string of the molecule is C1CCC([PH+](C2CCCCC2)C2CCCCC2)CC1.Cc1cc(C)c(N2[CH-]N(c3c(C)cccc3C)CC2)c(C)c1.[Cl][Ru]([Cl])=[CH]c1ccccc1. The van der Waals surface area contributed by atoms with E-state index in [9.17, 15) is 0 Å². The van der Waals surface area contributed by atoms with Crippen molar-refractivity contribution in [1.29, 1.82) is 0 Å². The molecule has 3 aromatic carbocycles. The van der Waals surface area contributed by atoms with E-state index in [-0.39, 0.29) is 7.92 Å². The van der Waals surface area contributed by atoms with Crippen LogP contribution in [0.2, 0.25) is 0 Å². The van der Waals surface area contributed by atoms with Crippen molar-refractivity contribution in [2.45, 2.75) is 148 Å². The van der Waals surface area contributed by atoms with Crippen molar-refractivity contribution in [3.05, 3.63) is 101 Å². The van der Waals surface area contributed by atoms with Crippen LogP contribution < -0.4 is 9.80 Å². The molecule has 0 aromatic heterocycles. The van der Waals surface area contributed by atoms with Crippen molar-refractivity contribution >= 4 is 43.3 Å². The van der Waals surface area contributed by atoms with E-state index >= 15 is 0 Å². The molecule has 4 aliphatic rings. The Balaban J connectivity index is 0.000000158. The Morgan fingerprint density at radius 2 is 0.980 bits per heavy atom. The molecule has 0 amide bonds. The molecule has 51 heavy (non-hydrogen) atoms. The molecule has 0 spiro atoms. The van der Waals surface area contributed by atoms with E-state index in [1.54, 1.807) is 96.3 Å². The molecule has 1 aliphatic heterocycles. The van der Waals surface area contributed by atoms with Crippen LogP contribution in [0.5, 0.6) is 0 Å². The van der Waals surface area contributed by atoms with E-state index in [1.165, 1.54) is 56.2 Å². The summed E-state index contributed by atoms with van der Waals surface area (Å²) in [6.45, 7) is 15.3. The topological polar surface area (TPSA) is 6.48 Å². The van der Waals surface area contributed by atoms with Crippen LogP contribution in [0.1, 0.15) is 130 Å². The van der Waals surface area contributed by atoms with Crippen molar-refractivity contribution in [1.82, 2.24) is 0 Å². The molecule has 6 heteroatoms. The Kier molecular flexibility index (Phi) is 16.9. The third-order valence-corrected chi connectivity index (χ3v) is 18.2. The zero-order valence-corrected chi connectivity index (χ0v) is 36.4. The molecule has 3 saturated carbocycles. The summed E-state index contributed by atoms with van der Waals surface area (Å²) in [5.41, 5.74) is 14.3. The molecular weight excluding hydrogens is 771 g/mol. The molecule has 0 N–H and O–H groups in total. The number of hydrogen-bond acceptors (Lipinski definition) is 2. The van der Waals surface area contributed by atoms with Crippen molar-refractivity contribution < 1.29 is 13.5 Å². The Morgan fingerprint density at radius 1 is 0.569 bits per heavy atom. The summed E-state index contributed by atoms with van der Waals surface area (Å²) in [5, 5.41) is 0. The zero-order valence-electron chi connectivity index (χ0n) is 32.2. The first-order valence-electron chi connectivity index (χ1n) is 20.0. The number of rotatable bonds is 6. The van der Waals surface area contributed by atoms with Gasteiger partial charge in [0.25, 0.3) is 0 Å². The van der Waals surface area contributed by atoms with Crippen LogP contribution in [0, 0.1) is 41.3 Å². The maximum atomic E-state index is 5.67. The van der Waals surface area contributed by atoms with E-state index in [4.69, 9.17) is 19.4 Å². The first-order valence-corrected chi connectivity index (χ1v) is 27.2. The Bertz CT molecular complexity index is 1440. The standard InChI is InChI=1S/C20H25N2.C18H33P.C7H6.2ClH.Ru/c1-14-11-17(4)20(18(5)12-14)22-10-9-21(13-22)19-15(2)7-6-8-16(19)3;1-4-10-16(11-5-1)19(17-12-6-2-7-13-17)18-14-8-3-9-15-18;1-7-5-3-2-4-6-7;;;/h6-8,11-13H,9-10H2,1-5H3;16-18H,1-15H2;1-6H;2*1H;/q-1;;;;;+2/p-1. The summed E-state index contributed by atoms with van der Waals surface area (Å²) < 4.78 is 1.92. The number of anilines is 2. The van der Waals surface area contributed by atoms with Gasteiger partial charge in [0.05, 0.1) is 17.0 Å². The van der Waals surface area contributed by atoms with Crippen molar-refractivity contribution in [2.24, 2.45) is 0 Å². The average molecular weight is 837 g/mol. The van der Waals surface area contributed by atoms with Crippen molar-refractivity contribution in [3.8, 4) is 0 Å². The van der Waals surface area contributed by atoms with Gasteiger partial charge in [0.15, 0.2) is 0 Å². The van der Waals surface area contributed by atoms with Crippen LogP contribution in [0.4, 0.5) is 11.4 Å². The molecule has 0 radical (unpaired) electrons. The van der Waals surface area contributed by atoms with Crippen LogP contribution in [-0.2, 0) is 13.5 Å². The predicted molar refractivity (Wildman–Crippen MR) is 228 cm³/mol. The Morgan fingerprint density at radius 3 is 1.39 bits per heavy atom. The van der Waals surface area contributed by atoms with E-state index in [2.05, 4.69) is 81.4 Å². The fraction of sp³-hybridized carbons (Fsp3) is 0.556. The number of nitrogens with zero attached hydrogens (tertiary/aromatic N) is 2. The molecule has 0 unspecified atom stereocenters. The second-order valence-electron chi connectivity index (χ2n) is 15.7. The predicted octanol–water partition coefficient (Wildman–Crippen LogP) is 13.6. The molecule has 2 nitrogen and oxygen atoms in total. The van der Waals surface area contributed by atoms with Crippen LogP contribution in [-0.4, -0.2) is 34.7 Å². The monoisotopic (exact) mass is 836 g/mol. The summed E-state index contributed by atoms with van der Waals surface area (Å²) in [6, 6.07) is 21.0. The average Bonchev–Trinajstić information content (AvgIpc) is 3.59. The molecular formula is C45H65Cl2N2PRu. The Labute approximate surface area is 326 Å². The van der Waals surface area contributed by atoms with Gasteiger partial charge in [-0.25, -0.2) is 0 Å². The molecule has 3 aliphatic carbocycles. The van der Waals surface area contributed by atoms with Crippen LogP contribution >= 0.6 is 27.3 Å². The first-order chi connectivity index (χ1) is 24.7. The van der Waals surface area contributed by atoms with Gasteiger partial charge in [-0.1, -0.05) is 55.2 Å². The van der Waals surface area contributed by atoms with Gasteiger partial charge in [0.2, 0.25) is 0 Å². The summed E-state index contributed by atoms with van der Waals surface area (Å²) in [6.07, 6.45) is 23.8. The van der Waals surface area contributed by atoms with Gasteiger partial charge in [0, 0.05) is 32.4 Å². The number of halogens is 2. The molecule has 0 bridgehead atoms. The molecule has 4 fully saturated rings. The molecule has 0 atom stereocenters. The van der Waals surface area contributed by atoms with E-state index < -0.39 is 13.5 Å². The second kappa shape index (κ2) is 21.0. The van der Waals surface area contributed by atoms with Gasteiger partial charge >= 0.3 is 73.4 Å². The van der Waals surface area contributed by atoms with Crippen LogP contribution in [0.15, 0.2) is 60.7 Å². The number of para-hydroxylation sites is 1. The third kappa shape index (κ3) is 12.1. The Hall–Kier alpha value is -1.24. The van der Waals surface area contributed by atoms with Gasteiger partial charge in [-0.2, -0.15) is 6.67 Å². The molecule has 3 aromatic rings. The van der Waals surface area contributed by atoms with Gasteiger partial charge in [-0.05, 0) is 134 Å². The van der Waals surface area contributed by atoms with E-state index in [0.717, 1.165) is 18.7 Å². The van der Waals surface area contributed by atoms with Crippen molar-refractivity contribution in [2.75, 3.05) is 22.9 Å². The van der Waals surface area contributed by atoms with Gasteiger partial charge in [0.1, 0.15) is 0 Å². The quantitative estimate of drug-likeness (QED) is 0.139. The molecule has 1 heterocycles. The summed E-state index contributed by atoms with van der Waals surface area (Å²) in [5.74, 6) is 0. The van der Waals surface area contributed by atoms with Gasteiger partial charge < -0.3 is 9.80 Å². The molecule has 7 rings (SSSR count). The number of hydrogen-bond donors (Lipinski definition) is 0.